The van der Waals surface area contributed by atoms with E-state index < -0.39 is 17.7 Å². The monoisotopic (exact) mass is 609 g/mol. The van der Waals surface area contributed by atoms with E-state index in [1.54, 1.807) is 11.3 Å². The Balaban J connectivity index is 1.51. The van der Waals surface area contributed by atoms with Gasteiger partial charge in [0.05, 0.1) is 27.9 Å². The third kappa shape index (κ3) is 5.80. The normalized spacial score (nSPS) is 12.7. The molecule has 1 atom stereocenters. The van der Waals surface area contributed by atoms with E-state index in [1.807, 2.05) is 87.0 Å². The maximum absolute atomic E-state index is 12.6. The van der Waals surface area contributed by atoms with Crippen LogP contribution in [0.1, 0.15) is 49.3 Å². The highest BCUT2D eigenvalue weighted by atomic mass is 35.5. The van der Waals surface area contributed by atoms with Gasteiger partial charge in [0.2, 0.25) is 0 Å². The number of thiazole rings is 1. The summed E-state index contributed by atoms with van der Waals surface area (Å²) in [4.78, 5) is 17.7. The van der Waals surface area contributed by atoms with Crippen molar-refractivity contribution in [2.24, 2.45) is 0 Å². The fourth-order valence-corrected chi connectivity index (χ4v) is 6.71. The van der Waals surface area contributed by atoms with Crippen LogP contribution in [0.3, 0.4) is 0 Å². The van der Waals surface area contributed by atoms with Crippen molar-refractivity contribution in [1.82, 2.24) is 14.8 Å². The molecule has 6 rings (SSSR count). The first-order valence-electron chi connectivity index (χ1n) is 14.1. The fourth-order valence-electron chi connectivity index (χ4n) is 5.46. The van der Waals surface area contributed by atoms with Crippen molar-refractivity contribution in [3.8, 4) is 21.7 Å². The van der Waals surface area contributed by atoms with Crippen molar-refractivity contribution in [3.63, 3.8) is 0 Å². The number of aryl methyl sites for hydroxylation is 2. The number of halogens is 1. The van der Waals surface area contributed by atoms with E-state index in [9.17, 15) is 9.90 Å². The van der Waals surface area contributed by atoms with Crippen molar-refractivity contribution < 1.29 is 14.6 Å². The lowest BCUT2D eigenvalue weighted by Crippen LogP contribution is -2.28. The third-order valence-corrected chi connectivity index (χ3v) is 8.83. The summed E-state index contributed by atoms with van der Waals surface area (Å²) in [6, 6.07) is 26.0. The fraction of sp³-hybridized carbons (Fsp3) is 0.229. The van der Waals surface area contributed by atoms with Gasteiger partial charge in [-0.05, 0) is 87.7 Å². The summed E-state index contributed by atoms with van der Waals surface area (Å²) in [5.41, 5.74) is 7.44. The zero-order valence-corrected chi connectivity index (χ0v) is 26.3. The second-order valence-electron chi connectivity index (χ2n) is 11.8. The Labute approximate surface area is 259 Å². The SMILES string of the molecule is Cc1cc2nc(-c3ccc4nn(Cc5ccccc5)c(C)c4c3)sc2c(-c2ccc(Cl)cc2)c1[C@H](OC(C)(C)C)C(=O)O. The number of aromatic nitrogens is 3. The minimum atomic E-state index is -1.16. The molecule has 0 saturated carbocycles. The maximum Gasteiger partial charge on any atom is 0.337 e. The number of rotatable bonds is 7. The van der Waals surface area contributed by atoms with Gasteiger partial charge in [0, 0.05) is 32.8 Å². The molecule has 4 aromatic carbocycles. The van der Waals surface area contributed by atoms with Crippen LogP contribution < -0.4 is 0 Å². The van der Waals surface area contributed by atoms with Crippen LogP contribution in [-0.4, -0.2) is 31.4 Å². The van der Waals surface area contributed by atoms with Gasteiger partial charge >= 0.3 is 5.97 Å². The number of benzene rings is 4. The smallest absolute Gasteiger partial charge is 0.337 e. The molecule has 0 aliphatic rings. The molecule has 0 amide bonds. The van der Waals surface area contributed by atoms with Gasteiger partial charge in [-0.15, -0.1) is 11.3 Å². The zero-order chi connectivity index (χ0) is 30.5. The Kier molecular flexibility index (Phi) is 7.59. The third-order valence-electron chi connectivity index (χ3n) is 7.44. The van der Waals surface area contributed by atoms with Gasteiger partial charge in [0.1, 0.15) is 5.01 Å². The lowest BCUT2D eigenvalue weighted by atomic mass is 9.91. The number of carboxylic acids is 1. The van der Waals surface area contributed by atoms with Crippen LogP contribution in [0.2, 0.25) is 5.02 Å². The molecular formula is C35H32ClN3O3S. The van der Waals surface area contributed by atoms with E-state index in [0.29, 0.717) is 17.1 Å². The first-order valence-corrected chi connectivity index (χ1v) is 15.3. The van der Waals surface area contributed by atoms with Crippen molar-refractivity contribution in [1.29, 1.82) is 0 Å². The summed E-state index contributed by atoms with van der Waals surface area (Å²) >= 11 is 7.79. The Bertz CT molecular complexity index is 1970. The number of carboxylic acid groups (broad SMARTS) is 1. The van der Waals surface area contributed by atoms with Crippen LogP contribution in [0.15, 0.2) is 78.9 Å². The average Bonchev–Trinajstić information content (AvgIpc) is 3.52. The summed E-state index contributed by atoms with van der Waals surface area (Å²) in [7, 11) is 0. The zero-order valence-electron chi connectivity index (χ0n) is 24.7. The highest BCUT2D eigenvalue weighted by Gasteiger charge is 2.32. The van der Waals surface area contributed by atoms with E-state index in [1.165, 1.54) is 5.56 Å². The van der Waals surface area contributed by atoms with Crippen LogP contribution >= 0.6 is 22.9 Å². The molecular weight excluding hydrogens is 578 g/mol. The average molecular weight is 610 g/mol. The predicted molar refractivity (Wildman–Crippen MR) is 175 cm³/mol. The second kappa shape index (κ2) is 11.2. The standard InChI is InChI=1S/C35H32ClN3O3S/c1-20-17-28-32(30(23-11-14-25(36)15-12-23)29(20)31(34(40)41)42-35(3,4)5)43-33(37-28)24-13-16-27-26(18-24)21(2)39(38-27)19-22-9-7-6-8-10-22/h6-18,31H,19H2,1-5H3,(H,40,41)/t31-/m0/s1. The molecule has 43 heavy (non-hydrogen) atoms. The van der Waals surface area contributed by atoms with Crippen LogP contribution in [0, 0.1) is 13.8 Å². The largest absolute Gasteiger partial charge is 0.479 e. The summed E-state index contributed by atoms with van der Waals surface area (Å²) < 4.78 is 9.09. The highest BCUT2D eigenvalue weighted by molar-refractivity contribution is 7.22. The molecule has 6 nitrogen and oxygen atoms in total. The van der Waals surface area contributed by atoms with Gasteiger partial charge in [-0.1, -0.05) is 54.1 Å². The summed E-state index contributed by atoms with van der Waals surface area (Å²) in [5.74, 6) is -1.04. The molecule has 1 N–H and O–H groups in total. The molecule has 0 radical (unpaired) electrons. The van der Waals surface area contributed by atoms with Crippen molar-refractivity contribution in [3.05, 3.63) is 106 Å². The molecule has 6 aromatic rings. The molecule has 0 saturated heterocycles. The van der Waals surface area contributed by atoms with Gasteiger partial charge in [0.25, 0.3) is 0 Å². The molecule has 218 valence electrons. The van der Waals surface area contributed by atoms with Crippen molar-refractivity contribution in [2.75, 3.05) is 0 Å². The Morgan fingerprint density at radius 2 is 1.67 bits per heavy atom. The lowest BCUT2D eigenvalue weighted by Gasteiger charge is -2.28. The maximum atomic E-state index is 12.6. The molecule has 2 heterocycles. The van der Waals surface area contributed by atoms with Gasteiger partial charge in [-0.3, -0.25) is 4.68 Å². The minimum Gasteiger partial charge on any atom is -0.479 e. The molecule has 0 aliphatic carbocycles. The minimum absolute atomic E-state index is 0.608. The van der Waals surface area contributed by atoms with Gasteiger partial charge in [0.15, 0.2) is 6.10 Å². The van der Waals surface area contributed by atoms with E-state index >= 15 is 0 Å². The molecule has 0 unspecified atom stereocenters. The Morgan fingerprint density at radius 3 is 2.35 bits per heavy atom. The molecule has 8 heteroatoms. The number of hydrogen-bond acceptors (Lipinski definition) is 5. The topological polar surface area (TPSA) is 77.2 Å². The molecule has 0 fully saturated rings. The van der Waals surface area contributed by atoms with Crippen molar-refractivity contribution in [2.45, 2.75) is 52.9 Å². The first-order chi connectivity index (χ1) is 20.5. The van der Waals surface area contributed by atoms with Crippen molar-refractivity contribution >= 4 is 50.0 Å². The highest BCUT2D eigenvalue weighted by Crippen LogP contribution is 2.44. The first kappa shape index (κ1) is 29.1. The number of carbonyl (C=O) groups is 1. The summed E-state index contributed by atoms with van der Waals surface area (Å²) in [6.07, 6.45) is -1.16. The molecule has 0 bridgehead atoms. The number of fused-ring (bicyclic) bond motifs is 2. The quantitative estimate of drug-likeness (QED) is 0.195. The number of aliphatic carboxylic acids is 1. The second-order valence-corrected chi connectivity index (χ2v) is 13.2. The number of hydrogen-bond donors (Lipinski definition) is 1. The van der Waals surface area contributed by atoms with E-state index in [0.717, 1.165) is 54.1 Å². The Hall–Kier alpha value is -4.04. The molecule has 0 spiro atoms. The molecule has 2 aromatic heterocycles. The van der Waals surface area contributed by atoms with Crippen LogP contribution in [0.5, 0.6) is 0 Å². The van der Waals surface area contributed by atoms with Gasteiger partial charge < -0.3 is 9.84 Å². The van der Waals surface area contributed by atoms with E-state index in [2.05, 4.69) is 31.2 Å². The van der Waals surface area contributed by atoms with Crippen LogP contribution in [0.4, 0.5) is 0 Å². The van der Waals surface area contributed by atoms with E-state index in [-0.39, 0.29) is 0 Å². The van der Waals surface area contributed by atoms with E-state index in [4.69, 9.17) is 26.4 Å². The number of ether oxygens (including phenoxy) is 1. The van der Waals surface area contributed by atoms with Gasteiger partial charge in [-0.2, -0.15) is 5.10 Å². The number of nitrogens with zero attached hydrogens (tertiary/aromatic N) is 3. The van der Waals surface area contributed by atoms with Gasteiger partial charge in [-0.25, -0.2) is 9.78 Å². The lowest BCUT2D eigenvalue weighted by molar-refractivity contribution is -0.160. The Morgan fingerprint density at radius 1 is 0.977 bits per heavy atom. The predicted octanol–water partition coefficient (Wildman–Crippen LogP) is 9.24. The summed E-state index contributed by atoms with van der Waals surface area (Å²) in [5, 5.41) is 17.7. The van der Waals surface area contributed by atoms with Crippen LogP contribution in [0.25, 0.3) is 42.8 Å². The molecule has 0 aliphatic heterocycles. The summed E-state index contributed by atoms with van der Waals surface area (Å²) in [6.45, 7) is 10.3. The van der Waals surface area contributed by atoms with Crippen LogP contribution in [-0.2, 0) is 16.1 Å².